The quantitative estimate of drug-likeness (QED) is 0.871. The second kappa shape index (κ2) is 5.59. The third kappa shape index (κ3) is 2.81. The van der Waals surface area contributed by atoms with Gasteiger partial charge < -0.3 is 0 Å². The molecule has 2 aromatic heterocycles. The molecule has 0 aromatic carbocycles. The Kier molecular flexibility index (Phi) is 4.05. The topological polar surface area (TPSA) is 67.4 Å². The molecule has 0 saturated heterocycles. The van der Waals surface area contributed by atoms with E-state index < -0.39 is 0 Å². The molecular formula is C14H16ClN5. The molecule has 104 valence electrons. The minimum Gasteiger partial charge on any atom is -0.216 e. The van der Waals surface area contributed by atoms with E-state index in [2.05, 4.69) is 35.0 Å². The van der Waals surface area contributed by atoms with Crippen molar-refractivity contribution in [3.8, 4) is 12.0 Å². The Morgan fingerprint density at radius 1 is 1.30 bits per heavy atom. The Hall–Kier alpha value is -1.93. The number of halogens is 1. The van der Waals surface area contributed by atoms with Crippen LogP contribution in [-0.4, -0.2) is 19.7 Å². The highest BCUT2D eigenvalue weighted by atomic mass is 35.5. The molecule has 0 aliphatic heterocycles. The number of aromatic nitrogens is 4. The molecule has 0 N–H and O–H groups in total. The summed E-state index contributed by atoms with van der Waals surface area (Å²) in [5.74, 6) is 0.792. The number of aryl methyl sites for hydroxylation is 2. The van der Waals surface area contributed by atoms with Crippen molar-refractivity contribution in [1.82, 2.24) is 19.7 Å². The third-order valence-electron chi connectivity index (χ3n) is 2.77. The van der Waals surface area contributed by atoms with E-state index in [0.29, 0.717) is 29.5 Å². The van der Waals surface area contributed by atoms with Gasteiger partial charge in [0.25, 0.3) is 5.95 Å². The van der Waals surface area contributed by atoms with Crippen molar-refractivity contribution in [1.29, 1.82) is 5.26 Å². The molecule has 0 radical (unpaired) electrons. The first-order chi connectivity index (χ1) is 9.42. The molecule has 0 saturated carbocycles. The van der Waals surface area contributed by atoms with Gasteiger partial charge in [-0.3, -0.25) is 0 Å². The highest BCUT2D eigenvalue weighted by molar-refractivity contribution is 6.31. The summed E-state index contributed by atoms with van der Waals surface area (Å²) in [7, 11) is 0. The van der Waals surface area contributed by atoms with Crippen LogP contribution in [0.25, 0.3) is 5.95 Å². The molecule has 0 atom stereocenters. The van der Waals surface area contributed by atoms with E-state index in [9.17, 15) is 5.26 Å². The second-order valence-corrected chi connectivity index (χ2v) is 5.54. The fraction of sp³-hybridized carbons (Fsp3) is 0.429. The van der Waals surface area contributed by atoms with Gasteiger partial charge in [0.15, 0.2) is 5.15 Å². The lowest BCUT2D eigenvalue weighted by atomic mass is 10.1. The molecular weight excluding hydrogens is 274 g/mol. The highest BCUT2D eigenvalue weighted by Crippen LogP contribution is 2.23. The monoisotopic (exact) mass is 289 g/mol. The molecule has 0 spiro atoms. The lowest BCUT2D eigenvalue weighted by Gasteiger charge is -2.03. The molecule has 2 aromatic rings. The Labute approximate surface area is 123 Å². The van der Waals surface area contributed by atoms with Crippen LogP contribution in [0.1, 0.15) is 36.5 Å². The summed E-state index contributed by atoms with van der Waals surface area (Å²) in [5, 5.41) is 13.9. The number of hydrogen-bond acceptors (Lipinski definition) is 4. The van der Waals surface area contributed by atoms with Crippen LogP contribution in [-0.2, 0) is 6.42 Å². The molecule has 0 unspecified atom stereocenters. The summed E-state index contributed by atoms with van der Waals surface area (Å²) in [6.07, 6.45) is 0.695. The summed E-state index contributed by atoms with van der Waals surface area (Å²) in [6, 6.07) is 3.99. The SMILES string of the molecule is Cc1cc(C)nc(-n2nc(CC(C)C)c(C#N)c2Cl)n1. The fourth-order valence-corrected chi connectivity index (χ4v) is 2.28. The van der Waals surface area contributed by atoms with E-state index in [0.717, 1.165) is 11.4 Å². The zero-order valence-electron chi connectivity index (χ0n) is 12.0. The average Bonchev–Trinajstić information content (AvgIpc) is 2.63. The van der Waals surface area contributed by atoms with Gasteiger partial charge >= 0.3 is 0 Å². The number of rotatable bonds is 3. The third-order valence-corrected chi connectivity index (χ3v) is 3.12. The van der Waals surface area contributed by atoms with E-state index in [1.807, 2.05) is 19.9 Å². The van der Waals surface area contributed by atoms with Crippen molar-refractivity contribution < 1.29 is 0 Å². The minimum absolute atomic E-state index is 0.271. The van der Waals surface area contributed by atoms with Gasteiger partial charge in [-0.05, 0) is 32.3 Å². The van der Waals surface area contributed by atoms with Crippen LogP contribution in [0.2, 0.25) is 5.15 Å². The molecule has 0 aliphatic rings. The summed E-state index contributed by atoms with van der Waals surface area (Å²) >= 11 is 6.25. The van der Waals surface area contributed by atoms with Crippen LogP contribution in [0.5, 0.6) is 0 Å². The van der Waals surface area contributed by atoms with Gasteiger partial charge in [0.05, 0.1) is 5.69 Å². The van der Waals surface area contributed by atoms with Crippen molar-refractivity contribution in [2.75, 3.05) is 0 Å². The Morgan fingerprint density at radius 3 is 2.40 bits per heavy atom. The molecule has 0 aliphatic carbocycles. The van der Waals surface area contributed by atoms with Crippen LogP contribution in [0.4, 0.5) is 0 Å². The molecule has 2 heterocycles. The van der Waals surface area contributed by atoms with Crippen LogP contribution in [0.3, 0.4) is 0 Å². The van der Waals surface area contributed by atoms with E-state index in [-0.39, 0.29) is 5.15 Å². The summed E-state index contributed by atoms with van der Waals surface area (Å²) in [6.45, 7) is 7.91. The highest BCUT2D eigenvalue weighted by Gasteiger charge is 2.19. The van der Waals surface area contributed by atoms with Gasteiger partial charge in [-0.25, -0.2) is 9.97 Å². The zero-order valence-corrected chi connectivity index (χ0v) is 12.7. The van der Waals surface area contributed by atoms with Crippen molar-refractivity contribution in [3.63, 3.8) is 0 Å². The van der Waals surface area contributed by atoms with Gasteiger partial charge in [-0.15, -0.1) is 0 Å². The summed E-state index contributed by atoms with van der Waals surface area (Å²) < 4.78 is 1.44. The molecule has 20 heavy (non-hydrogen) atoms. The number of hydrogen-bond donors (Lipinski definition) is 0. The predicted octanol–water partition coefficient (Wildman–Crippen LogP) is 3.00. The summed E-state index contributed by atoms with van der Waals surface area (Å²) in [5.41, 5.74) is 2.77. The minimum atomic E-state index is 0.271. The first-order valence-corrected chi connectivity index (χ1v) is 6.80. The summed E-state index contributed by atoms with van der Waals surface area (Å²) in [4.78, 5) is 8.66. The van der Waals surface area contributed by atoms with Gasteiger partial charge in [-0.2, -0.15) is 15.0 Å². The maximum Gasteiger partial charge on any atom is 0.252 e. The lowest BCUT2D eigenvalue weighted by molar-refractivity contribution is 0.625. The Balaban J connectivity index is 2.57. The molecule has 2 rings (SSSR count). The Morgan fingerprint density at radius 2 is 1.90 bits per heavy atom. The predicted molar refractivity (Wildman–Crippen MR) is 76.9 cm³/mol. The molecule has 6 heteroatoms. The van der Waals surface area contributed by atoms with E-state index >= 15 is 0 Å². The van der Waals surface area contributed by atoms with Crippen molar-refractivity contribution >= 4 is 11.6 Å². The number of nitrogens with zero attached hydrogens (tertiary/aromatic N) is 5. The van der Waals surface area contributed by atoms with Crippen molar-refractivity contribution in [2.24, 2.45) is 5.92 Å². The maximum atomic E-state index is 9.25. The van der Waals surface area contributed by atoms with Crippen LogP contribution < -0.4 is 0 Å². The Bertz CT molecular complexity index is 661. The zero-order chi connectivity index (χ0) is 14.9. The van der Waals surface area contributed by atoms with Gasteiger partial charge in [0, 0.05) is 11.4 Å². The lowest BCUT2D eigenvalue weighted by Crippen LogP contribution is -2.06. The van der Waals surface area contributed by atoms with Crippen molar-refractivity contribution in [2.45, 2.75) is 34.1 Å². The molecule has 0 amide bonds. The normalized spacial score (nSPS) is 10.8. The molecule has 5 nitrogen and oxygen atoms in total. The van der Waals surface area contributed by atoms with Gasteiger partial charge in [-0.1, -0.05) is 25.4 Å². The van der Waals surface area contributed by atoms with Crippen LogP contribution in [0.15, 0.2) is 6.07 Å². The van der Waals surface area contributed by atoms with Crippen molar-refractivity contribution in [3.05, 3.63) is 33.9 Å². The first-order valence-electron chi connectivity index (χ1n) is 6.42. The van der Waals surface area contributed by atoms with E-state index in [1.165, 1.54) is 4.68 Å². The molecule has 0 fully saturated rings. The van der Waals surface area contributed by atoms with E-state index in [1.54, 1.807) is 0 Å². The van der Waals surface area contributed by atoms with E-state index in [4.69, 9.17) is 11.6 Å². The standard InChI is InChI=1S/C14H16ClN5/c1-8(2)5-12-11(7-16)13(15)20(19-12)14-17-9(3)6-10(4)18-14/h6,8H,5H2,1-4H3. The largest absolute Gasteiger partial charge is 0.252 e. The number of nitriles is 1. The fourth-order valence-electron chi connectivity index (χ4n) is 2.01. The first kappa shape index (κ1) is 14.5. The van der Waals surface area contributed by atoms with Crippen LogP contribution in [0, 0.1) is 31.1 Å². The second-order valence-electron chi connectivity index (χ2n) is 5.18. The molecule has 0 bridgehead atoms. The smallest absolute Gasteiger partial charge is 0.216 e. The maximum absolute atomic E-state index is 9.25. The average molecular weight is 290 g/mol. The van der Waals surface area contributed by atoms with Gasteiger partial charge in [0.2, 0.25) is 0 Å². The van der Waals surface area contributed by atoms with Crippen LogP contribution >= 0.6 is 11.6 Å². The van der Waals surface area contributed by atoms with Gasteiger partial charge in [0.1, 0.15) is 11.6 Å².